The van der Waals surface area contributed by atoms with Crippen LogP contribution in [0.2, 0.25) is 0 Å². The molecule has 162 valence electrons. The number of aryl methyl sites for hydroxylation is 2. The Bertz CT molecular complexity index is 966. The number of nitrogens with zero attached hydrogens (tertiary/aromatic N) is 1. The van der Waals surface area contributed by atoms with Gasteiger partial charge in [-0.3, -0.25) is 14.5 Å². The fraction of sp³-hybridized carbons (Fsp3) is 0.462. The van der Waals surface area contributed by atoms with Gasteiger partial charge in [-0.1, -0.05) is 43.9 Å². The molecule has 2 aromatic carbocycles. The van der Waals surface area contributed by atoms with Gasteiger partial charge in [-0.05, 0) is 72.6 Å². The summed E-state index contributed by atoms with van der Waals surface area (Å²) in [5.41, 5.74) is 5.74. The predicted octanol–water partition coefficient (Wildman–Crippen LogP) is 5.86. The molecule has 0 aromatic heterocycles. The van der Waals surface area contributed by atoms with E-state index in [1.807, 2.05) is 29.2 Å². The second-order valence-corrected chi connectivity index (χ2v) is 10.2. The number of carbonyl (C=O) groups excluding carboxylic acids is 2. The SMILES string of the molecule is O=C(CCC1CCCC1)Nc1ccc(C2SCC(=O)N2c2ccc3c(c2)CCC3)cc1. The molecule has 0 bridgehead atoms. The zero-order valence-electron chi connectivity index (χ0n) is 17.9. The molecule has 1 heterocycles. The average molecular weight is 435 g/mol. The lowest BCUT2D eigenvalue weighted by molar-refractivity contribution is -0.117. The number of fused-ring (bicyclic) bond motifs is 1. The van der Waals surface area contributed by atoms with Crippen molar-refractivity contribution in [1.29, 1.82) is 0 Å². The van der Waals surface area contributed by atoms with E-state index in [1.165, 1.54) is 43.2 Å². The number of amides is 2. The standard InChI is InChI=1S/C26H30N2O2S/c29-24(15-8-18-4-1-2-5-18)27-22-12-9-20(10-13-22)26-28(25(30)17-31-26)23-14-11-19-6-3-7-21(19)16-23/h9-14,16,18,26H,1-8,15,17H2,(H,27,29). The van der Waals surface area contributed by atoms with E-state index in [0.29, 0.717) is 12.2 Å². The molecule has 2 aliphatic carbocycles. The molecule has 31 heavy (non-hydrogen) atoms. The van der Waals surface area contributed by atoms with E-state index in [-0.39, 0.29) is 17.2 Å². The predicted molar refractivity (Wildman–Crippen MR) is 127 cm³/mol. The lowest BCUT2D eigenvalue weighted by Gasteiger charge is -2.25. The first kappa shape index (κ1) is 20.6. The normalized spacial score (nSPS) is 21.0. The first-order chi connectivity index (χ1) is 15.2. The van der Waals surface area contributed by atoms with Crippen molar-refractivity contribution in [2.45, 2.75) is 63.2 Å². The van der Waals surface area contributed by atoms with Crippen LogP contribution in [-0.4, -0.2) is 17.6 Å². The van der Waals surface area contributed by atoms with E-state index in [1.54, 1.807) is 11.8 Å². The Kier molecular flexibility index (Phi) is 6.04. The maximum Gasteiger partial charge on any atom is 0.238 e. The lowest BCUT2D eigenvalue weighted by atomic mass is 10.0. The van der Waals surface area contributed by atoms with Crippen molar-refractivity contribution in [2.75, 3.05) is 16.0 Å². The van der Waals surface area contributed by atoms with Crippen LogP contribution in [0.15, 0.2) is 42.5 Å². The van der Waals surface area contributed by atoms with E-state index < -0.39 is 0 Å². The summed E-state index contributed by atoms with van der Waals surface area (Å²) in [6.07, 6.45) is 10.3. The van der Waals surface area contributed by atoms with Gasteiger partial charge >= 0.3 is 0 Å². The minimum absolute atomic E-state index is 0.0147. The highest BCUT2D eigenvalue weighted by Gasteiger charge is 2.34. The number of thioether (sulfide) groups is 1. The van der Waals surface area contributed by atoms with Crippen molar-refractivity contribution >= 4 is 35.0 Å². The largest absolute Gasteiger partial charge is 0.326 e. The molecule has 2 amide bonds. The molecule has 2 fully saturated rings. The van der Waals surface area contributed by atoms with Crippen LogP contribution < -0.4 is 10.2 Å². The molecule has 0 spiro atoms. The quantitative estimate of drug-likeness (QED) is 0.619. The number of hydrogen-bond donors (Lipinski definition) is 1. The van der Waals surface area contributed by atoms with Gasteiger partial charge in [-0.2, -0.15) is 0 Å². The Morgan fingerprint density at radius 3 is 2.58 bits per heavy atom. The van der Waals surface area contributed by atoms with Crippen molar-refractivity contribution in [2.24, 2.45) is 5.92 Å². The minimum atomic E-state index is -0.0147. The molecule has 1 saturated carbocycles. The number of anilines is 2. The third-order valence-electron chi connectivity index (χ3n) is 6.96. The summed E-state index contributed by atoms with van der Waals surface area (Å²) in [6, 6.07) is 14.5. The van der Waals surface area contributed by atoms with Crippen LogP contribution in [0.4, 0.5) is 11.4 Å². The first-order valence-corrected chi connectivity index (χ1v) is 12.7. The summed E-state index contributed by atoms with van der Waals surface area (Å²) < 4.78 is 0. The Hall–Kier alpha value is -2.27. The summed E-state index contributed by atoms with van der Waals surface area (Å²) in [4.78, 5) is 27.0. The number of carbonyl (C=O) groups is 2. The van der Waals surface area contributed by atoms with Gasteiger partial charge in [0, 0.05) is 17.8 Å². The molecule has 5 heteroatoms. The molecule has 1 N–H and O–H groups in total. The van der Waals surface area contributed by atoms with Crippen molar-refractivity contribution < 1.29 is 9.59 Å². The summed E-state index contributed by atoms with van der Waals surface area (Å²) in [5, 5.41) is 3.02. The van der Waals surface area contributed by atoms with Crippen molar-refractivity contribution in [3.63, 3.8) is 0 Å². The van der Waals surface area contributed by atoms with Crippen molar-refractivity contribution in [3.8, 4) is 0 Å². The molecule has 4 nitrogen and oxygen atoms in total. The van der Waals surface area contributed by atoms with E-state index in [0.717, 1.165) is 42.1 Å². The third-order valence-corrected chi connectivity index (χ3v) is 8.17. The highest BCUT2D eigenvalue weighted by molar-refractivity contribution is 8.00. The van der Waals surface area contributed by atoms with Crippen LogP contribution in [0.25, 0.3) is 0 Å². The van der Waals surface area contributed by atoms with E-state index in [9.17, 15) is 9.59 Å². The highest BCUT2D eigenvalue weighted by atomic mass is 32.2. The Labute approximate surface area is 188 Å². The fourth-order valence-electron chi connectivity index (χ4n) is 5.25. The van der Waals surface area contributed by atoms with Gasteiger partial charge in [0.1, 0.15) is 5.37 Å². The second-order valence-electron chi connectivity index (χ2n) is 9.09. The maximum atomic E-state index is 12.7. The zero-order valence-corrected chi connectivity index (χ0v) is 18.8. The fourth-order valence-corrected chi connectivity index (χ4v) is 6.42. The lowest BCUT2D eigenvalue weighted by Crippen LogP contribution is -2.27. The Morgan fingerprint density at radius 1 is 1.00 bits per heavy atom. The van der Waals surface area contributed by atoms with E-state index >= 15 is 0 Å². The molecular weight excluding hydrogens is 404 g/mol. The minimum Gasteiger partial charge on any atom is -0.326 e. The molecule has 2 aromatic rings. The van der Waals surface area contributed by atoms with Gasteiger partial charge < -0.3 is 5.32 Å². The second kappa shape index (κ2) is 9.07. The highest BCUT2D eigenvalue weighted by Crippen LogP contribution is 2.43. The van der Waals surface area contributed by atoms with E-state index in [2.05, 4.69) is 23.5 Å². The van der Waals surface area contributed by atoms with Crippen LogP contribution in [0, 0.1) is 5.92 Å². The van der Waals surface area contributed by atoms with Gasteiger partial charge in [0.25, 0.3) is 0 Å². The van der Waals surface area contributed by atoms with Gasteiger partial charge in [-0.25, -0.2) is 0 Å². The number of nitrogens with one attached hydrogen (secondary N) is 1. The zero-order chi connectivity index (χ0) is 21.2. The molecular formula is C26H30N2O2S. The van der Waals surface area contributed by atoms with Crippen LogP contribution in [0.5, 0.6) is 0 Å². The molecule has 0 radical (unpaired) electrons. The maximum absolute atomic E-state index is 12.7. The molecule has 5 rings (SSSR count). The number of benzene rings is 2. The van der Waals surface area contributed by atoms with Crippen molar-refractivity contribution in [3.05, 3.63) is 59.2 Å². The van der Waals surface area contributed by atoms with Gasteiger partial charge in [0.15, 0.2) is 0 Å². The summed E-state index contributed by atoms with van der Waals surface area (Å²) in [7, 11) is 0. The summed E-state index contributed by atoms with van der Waals surface area (Å²) in [6.45, 7) is 0. The summed E-state index contributed by atoms with van der Waals surface area (Å²) >= 11 is 1.67. The molecule has 1 aliphatic heterocycles. The Morgan fingerprint density at radius 2 is 1.77 bits per heavy atom. The van der Waals surface area contributed by atoms with Crippen LogP contribution in [0.3, 0.4) is 0 Å². The summed E-state index contributed by atoms with van der Waals surface area (Å²) in [5.74, 6) is 1.50. The van der Waals surface area contributed by atoms with Crippen LogP contribution >= 0.6 is 11.8 Å². The molecule has 3 aliphatic rings. The molecule has 1 unspecified atom stereocenters. The number of rotatable bonds is 6. The van der Waals surface area contributed by atoms with E-state index in [4.69, 9.17) is 0 Å². The third kappa shape index (κ3) is 4.52. The molecule has 1 saturated heterocycles. The van der Waals surface area contributed by atoms with Crippen molar-refractivity contribution in [1.82, 2.24) is 0 Å². The van der Waals surface area contributed by atoms with Gasteiger partial charge in [0.2, 0.25) is 11.8 Å². The van der Waals surface area contributed by atoms with Gasteiger partial charge in [-0.15, -0.1) is 11.8 Å². The smallest absolute Gasteiger partial charge is 0.238 e. The van der Waals surface area contributed by atoms with Crippen LogP contribution in [0.1, 0.15) is 67.0 Å². The van der Waals surface area contributed by atoms with Crippen LogP contribution in [-0.2, 0) is 22.4 Å². The van der Waals surface area contributed by atoms with Gasteiger partial charge in [0.05, 0.1) is 5.75 Å². The number of hydrogen-bond acceptors (Lipinski definition) is 3. The molecule has 1 atom stereocenters. The Balaban J connectivity index is 1.25. The first-order valence-electron chi connectivity index (χ1n) is 11.6. The topological polar surface area (TPSA) is 49.4 Å². The average Bonchev–Trinajstić information content (AvgIpc) is 3.53. The monoisotopic (exact) mass is 434 g/mol.